The van der Waals surface area contributed by atoms with Gasteiger partial charge in [-0.2, -0.15) is 4.31 Å². The summed E-state index contributed by atoms with van der Waals surface area (Å²) in [6, 6.07) is 14.1. The lowest BCUT2D eigenvalue weighted by Gasteiger charge is -2.21. The predicted octanol–water partition coefficient (Wildman–Crippen LogP) is 3.33. The summed E-state index contributed by atoms with van der Waals surface area (Å²) in [6.07, 6.45) is 5.07. The van der Waals surface area contributed by atoms with Gasteiger partial charge >= 0.3 is 0 Å². The van der Waals surface area contributed by atoms with Crippen LogP contribution < -0.4 is 9.47 Å². The van der Waals surface area contributed by atoms with Crippen molar-refractivity contribution in [3.05, 3.63) is 85.0 Å². The maximum Gasteiger partial charge on any atom is 0.243 e. The highest BCUT2D eigenvalue weighted by Crippen LogP contribution is 2.21. The second-order valence-electron chi connectivity index (χ2n) is 6.58. The summed E-state index contributed by atoms with van der Waals surface area (Å²) < 4.78 is 40.0. The third-order valence-electron chi connectivity index (χ3n) is 4.64. The summed E-state index contributed by atoms with van der Waals surface area (Å²) in [5, 5.41) is 0. The van der Waals surface area contributed by atoms with Crippen LogP contribution in [0.1, 0.15) is 11.4 Å². The van der Waals surface area contributed by atoms with E-state index in [0.29, 0.717) is 18.1 Å². The number of hydrogen-bond acceptors (Lipinski definition) is 5. The molecular weight excluding hydrogens is 402 g/mol. The molecule has 3 rings (SSSR count). The van der Waals surface area contributed by atoms with Crippen molar-refractivity contribution in [2.45, 2.75) is 18.0 Å². The van der Waals surface area contributed by atoms with Crippen LogP contribution in [0, 0.1) is 0 Å². The fourth-order valence-corrected chi connectivity index (χ4v) is 4.41. The van der Waals surface area contributed by atoms with Gasteiger partial charge in [0.15, 0.2) is 0 Å². The topological polar surface area (TPSA) is 73.7 Å². The molecule has 0 spiro atoms. The standard InChI is InChI=1S/C22H25N3O4S/c1-4-13-25(30(26,27)21-10-8-19(28-2)9-11-21)17-22-23-12-14-24(22)16-18-6-5-7-20(15-18)29-3/h4-12,14-15H,1,13,16-17H2,2-3H3. The SMILES string of the molecule is C=CCN(Cc1nccn1Cc1cccc(OC)c1)S(=O)(=O)c1ccc(OC)cc1. The smallest absolute Gasteiger partial charge is 0.243 e. The minimum Gasteiger partial charge on any atom is -0.497 e. The normalized spacial score (nSPS) is 11.4. The van der Waals surface area contributed by atoms with Gasteiger partial charge in [-0.3, -0.25) is 0 Å². The first-order valence-electron chi connectivity index (χ1n) is 9.36. The first-order chi connectivity index (χ1) is 14.5. The van der Waals surface area contributed by atoms with Gasteiger partial charge < -0.3 is 14.0 Å². The van der Waals surface area contributed by atoms with Gasteiger partial charge in [0.2, 0.25) is 10.0 Å². The second kappa shape index (κ2) is 9.60. The third kappa shape index (κ3) is 4.90. The minimum atomic E-state index is -3.73. The number of methoxy groups -OCH3 is 2. The van der Waals surface area contributed by atoms with Gasteiger partial charge in [-0.15, -0.1) is 6.58 Å². The number of aromatic nitrogens is 2. The maximum atomic E-state index is 13.2. The van der Waals surface area contributed by atoms with E-state index >= 15 is 0 Å². The van der Waals surface area contributed by atoms with E-state index in [1.54, 1.807) is 31.5 Å². The number of hydrogen-bond donors (Lipinski definition) is 0. The van der Waals surface area contributed by atoms with E-state index in [2.05, 4.69) is 11.6 Å². The predicted molar refractivity (Wildman–Crippen MR) is 115 cm³/mol. The monoisotopic (exact) mass is 427 g/mol. The Morgan fingerprint density at radius 3 is 2.50 bits per heavy atom. The third-order valence-corrected chi connectivity index (χ3v) is 6.46. The molecular formula is C22H25N3O4S. The fraction of sp³-hybridized carbons (Fsp3) is 0.227. The van der Waals surface area contributed by atoms with Crippen LogP contribution in [0.15, 0.2) is 78.5 Å². The average Bonchev–Trinajstić information content (AvgIpc) is 3.20. The molecule has 158 valence electrons. The van der Waals surface area contributed by atoms with Gasteiger partial charge in [-0.25, -0.2) is 13.4 Å². The summed E-state index contributed by atoms with van der Waals surface area (Å²) in [6.45, 7) is 4.55. The number of imidazole rings is 1. The fourth-order valence-electron chi connectivity index (χ4n) is 3.05. The van der Waals surface area contributed by atoms with Gasteiger partial charge in [0.05, 0.1) is 25.7 Å². The van der Waals surface area contributed by atoms with E-state index in [1.165, 1.54) is 23.5 Å². The van der Waals surface area contributed by atoms with E-state index < -0.39 is 10.0 Å². The van der Waals surface area contributed by atoms with Crippen LogP contribution in [0.5, 0.6) is 11.5 Å². The number of benzene rings is 2. The summed E-state index contributed by atoms with van der Waals surface area (Å²) in [5.41, 5.74) is 1.03. The Morgan fingerprint density at radius 2 is 1.83 bits per heavy atom. The van der Waals surface area contributed by atoms with E-state index in [9.17, 15) is 8.42 Å². The number of nitrogens with zero attached hydrogens (tertiary/aromatic N) is 3. The summed E-state index contributed by atoms with van der Waals surface area (Å²) in [7, 11) is -0.570. The Bertz CT molecular complexity index is 1090. The minimum absolute atomic E-state index is 0.122. The van der Waals surface area contributed by atoms with E-state index in [4.69, 9.17) is 9.47 Å². The van der Waals surface area contributed by atoms with E-state index in [-0.39, 0.29) is 18.0 Å². The van der Waals surface area contributed by atoms with Crippen molar-refractivity contribution in [1.82, 2.24) is 13.9 Å². The Kier molecular flexibility index (Phi) is 6.91. The van der Waals surface area contributed by atoms with Crippen LogP contribution in [0.25, 0.3) is 0 Å². The van der Waals surface area contributed by atoms with Crippen molar-refractivity contribution >= 4 is 10.0 Å². The molecule has 7 nitrogen and oxygen atoms in total. The highest BCUT2D eigenvalue weighted by Gasteiger charge is 2.25. The molecule has 0 N–H and O–H groups in total. The van der Waals surface area contributed by atoms with Gasteiger partial charge in [0.25, 0.3) is 0 Å². The van der Waals surface area contributed by atoms with Crippen molar-refractivity contribution in [2.75, 3.05) is 20.8 Å². The van der Waals surface area contributed by atoms with Crippen molar-refractivity contribution in [3.8, 4) is 11.5 Å². The second-order valence-corrected chi connectivity index (χ2v) is 8.52. The Balaban J connectivity index is 1.85. The molecule has 8 heteroatoms. The van der Waals surface area contributed by atoms with E-state index in [1.807, 2.05) is 35.0 Å². The van der Waals surface area contributed by atoms with Gasteiger partial charge in [0, 0.05) is 25.5 Å². The van der Waals surface area contributed by atoms with Crippen molar-refractivity contribution in [1.29, 1.82) is 0 Å². The van der Waals surface area contributed by atoms with Crippen LogP contribution >= 0.6 is 0 Å². The number of ether oxygens (including phenoxy) is 2. The quantitative estimate of drug-likeness (QED) is 0.464. The van der Waals surface area contributed by atoms with Gasteiger partial charge in [-0.05, 0) is 42.0 Å². The lowest BCUT2D eigenvalue weighted by Crippen LogP contribution is -2.32. The lowest BCUT2D eigenvalue weighted by atomic mass is 10.2. The molecule has 0 fully saturated rings. The lowest BCUT2D eigenvalue weighted by molar-refractivity contribution is 0.412. The first-order valence-corrected chi connectivity index (χ1v) is 10.8. The molecule has 0 aliphatic rings. The molecule has 3 aromatic rings. The average molecular weight is 428 g/mol. The molecule has 0 radical (unpaired) electrons. The number of sulfonamides is 1. The molecule has 30 heavy (non-hydrogen) atoms. The largest absolute Gasteiger partial charge is 0.497 e. The molecule has 1 aromatic heterocycles. The zero-order valence-corrected chi connectivity index (χ0v) is 17.9. The van der Waals surface area contributed by atoms with E-state index in [0.717, 1.165) is 11.3 Å². The van der Waals surface area contributed by atoms with Gasteiger partial charge in [0.1, 0.15) is 17.3 Å². The highest BCUT2D eigenvalue weighted by atomic mass is 32.2. The summed E-state index contributed by atoms with van der Waals surface area (Å²) in [4.78, 5) is 4.57. The van der Waals surface area contributed by atoms with Crippen LogP contribution in [0.4, 0.5) is 0 Å². The molecule has 0 bridgehead atoms. The van der Waals surface area contributed by atoms with Crippen LogP contribution in [-0.4, -0.2) is 43.0 Å². The van der Waals surface area contributed by atoms with Crippen LogP contribution in [0.3, 0.4) is 0 Å². The van der Waals surface area contributed by atoms with Crippen molar-refractivity contribution in [2.24, 2.45) is 0 Å². The summed E-state index contributed by atoms with van der Waals surface area (Å²) in [5.74, 6) is 2.00. The van der Waals surface area contributed by atoms with Crippen LogP contribution in [-0.2, 0) is 23.1 Å². The molecule has 2 aromatic carbocycles. The molecule has 0 saturated carbocycles. The molecule has 0 unspecified atom stereocenters. The Morgan fingerprint density at radius 1 is 1.10 bits per heavy atom. The molecule has 0 amide bonds. The zero-order chi connectivity index (χ0) is 21.6. The molecule has 0 atom stereocenters. The van der Waals surface area contributed by atoms with Crippen LogP contribution in [0.2, 0.25) is 0 Å². The summed E-state index contributed by atoms with van der Waals surface area (Å²) >= 11 is 0. The van der Waals surface area contributed by atoms with Crippen molar-refractivity contribution < 1.29 is 17.9 Å². The zero-order valence-electron chi connectivity index (χ0n) is 17.1. The number of rotatable bonds is 10. The molecule has 1 heterocycles. The molecule has 0 aliphatic heterocycles. The molecule has 0 aliphatic carbocycles. The maximum absolute atomic E-state index is 13.2. The first kappa shape index (κ1) is 21.6. The Labute approximate surface area is 177 Å². The van der Waals surface area contributed by atoms with Gasteiger partial charge in [-0.1, -0.05) is 18.2 Å². The highest BCUT2D eigenvalue weighted by molar-refractivity contribution is 7.89. The van der Waals surface area contributed by atoms with Crippen molar-refractivity contribution in [3.63, 3.8) is 0 Å². The Hall–Kier alpha value is -3.10. The molecule has 0 saturated heterocycles.